The Balaban J connectivity index is 3.16. The number of nitrogens with one attached hydrogen (secondary N) is 1. The van der Waals surface area contributed by atoms with Gasteiger partial charge in [0.25, 0.3) is 0 Å². The zero-order valence-corrected chi connectivity index (χ0v) is 15.3. The van der Waals surface area contributed by atoms with Gasteiger partial charge in [-0.2, -0.15) is 0 Å². The van der Waals surface area contributed by atoms with E-state index in [2.05, 4.69) is 12.2 Å². The Bertz CT molecular complexity index is 259. The molecule has 0 aromatic heterocycles. The van der Waals surface area contributed by atoms with E-state index >= 15 is 0 Å². The van der Waals surface area contributed by atoms with Gasteiger partial charge in [-0.05, 0) is 20.3 Å². The van der Waals surface area contributed by atoms with Gasteiger partial charge in [0, 0.05) is 6.42 Å². The van der Waals surface area contributed by atoms with E-state index in [1.165, 1.54) is 70.6 Å². The molecule has 1 amide bonds. The van der Waals surface area contributed by atoms with Crippen LogP contribution in [0.1, 0.15) is 111 Å². The van der Waals surface area contributed by atoms with E-state index in [0.29, 0.717) is 6.42 Å². The summed E-state index contributed by atoms with van der Waals surface area (Å²) in [6.07, 6.45) is 17.6. The third-order valence-electron chi connectivity index (χ3n) is 3.95. The molecule has 0 aliphatic heterocycles. The molecule has 0 unspecified atom stereocenters. The zero-order chi connectivity index (χ0) is 16.7. The lowest BCUT2D eigenvalue weighted by molar-refractivity contribution is -0.127. The predicted molar refractivity (Wildman–Crippen MR) is 94.8 cm³/mol. The van der Waals surface area contributed by atoms with Crippen LogP contribution in [0.2, 0.25) is 0 Å². The summed E-state index contributed by atoms with van der Waals surface area (Å²) < 4.78 is 0. The van der Waals surface area contributed by atoms with Crippen LogP contribution < -0.4 is 5.32 Å². The normalized spacial score (nSPS) is 11.6. The number of carbonyl (C=O) groups is 1. The minimum absolute atomic E-state index is 0.0458. The van der Waals surface area contributed by atoms with Crippen molar-refractivity contribution in [3.05, 3.63) is 0 Å². The molecule has 22 heavy (non-hydrogen) atoms. The first-order valence-electron chi connectivity index (χ1n) is 9.49. The molecule has 0 bridgehead atoms. The van der Waals surface area contributed by atoms with Crippen molar-refractivity contribution in [3.63, 3.8) is 0 Å². The van der Waals surface area contributed by atoms with Crippen LogP contribution in [-0.4, -0.2) is 16.7 Å². The standard InChI is InChI=1S/C19H39NO2/c1-4-5-6-7-8-9-10-11-12-13-14-15-16-17-18(21)20-19(2,3)22/h22H,4-17H2,1-3H3,(H,20,21). The minimum Gasteiger partial charge on any atom is -0.372 e. The molecule has 0 atom stereocenters. The van der Waals surface area contributed by atoms with Gasteiger partial charge in [-0.25, -0.2) is 0 Å². The molecule has 0 rings (SSSR count). The van der Waals surface area contributed by atoms with Gasteiger partial charge in [0.15, 0.2) is 0 Å². The van der Waals surface area contributed by atoms with Crippen molar-refractivity contribution in [3.8, 4) is 0 Å². The fourth-order valence-electron chi connectivity index (χ4n) is 2.71. The highest BCUT2D eigenvalue weighted by Gasteiger charge is 2.14. The second-order valence-corrected chi connectivity index (χ2v) is 7.10. The molecule has 0 aromatic carbocycles. The van der Waals surface area contributed by atoms with Crippen molar-refractivity contribution in [2.24, 2.45) is 0 Å². The third kappa shape index (κ3) is 17.5. The van der Waals surface area contributed by atoms with E-state index in [9.17, 15) is 9.90 Å². The van der Waals surface area contributed by atoms with E-state index < -0.39 is 5.72 Å². The highest BCUT2D eigenvalue weighted by atomic mass is 16.3. The number of hydrogen-bond acceptors (Lipinski definition) is 2. The third-order valence-corrected chi connectivity index (χ3v) is 3.95. The van der Waals surface area contributed by atoms with Crippen LogP contribution in [0.15, 0.2) is 0 Å². The molecule has 132 valence electrons. The second kappa shape index (κ2) is 14.0. The first-order valence-corrected chi connectivity index (χ1v) is 9.49. The van der Waals surface area contributed by atoms with Crippen LogP contribution in [-0.2, 0) is 4.79 Å². The van der Waals surface area contributed by atoms with Gasteiger partial charge in [0.05, 0.1) is 0 Å². The van der Waals surface area contributed by atoms with Crippen molar-refractivity contribution in [2.45, 2.75) is 116 Å². The van der Waals surface area contributed by atoms with Crippen molar-refractivity contribution in [2.75, 3.05) is 0 Å². The van der Waals surface area contributed by atoms with E-state index in [-0.39, 0.29) is 5.91 Å². The van der Waals surface area contributed by atoms with Crippen molar-refractivity contribution >= 4 is 5.91 Å². The van der Waals surface area contributed by atoms with Crippen LogP contribution >= 0.6 is 0 Å². The molecule has 0 saturated carbocycles. The average Bonchev–Trinajstić information content (AvgIpc) is 2.42. The Morgan fingerprint density at radius 3 is 1.50 bits per heavy atom. The Hall–Kier alpha value is -0.570. The van der Waals surface area contributed by atoms with E-state index in [1.54, 1.807) is 13.8 Å². The summed E-state index contributed by atoms with van der Waals surface area (Å²) in [5, 5.41) is 12.0. The second-order valence-electron chi connectivity index (χ2n) is 7.10. The summed E-state index contributed by atoms with van der Waals surface area (Å²) in [5.41, 5.74) is -1.09. The minimum atomic E-state index is -1.09. The molecule has 3 heteroatoms. The molecule has 0 aromatic rings. The summed E-state index contributed by atoms with van der Waals surface area (Å²) in [4.78, 5) is 11.5. The summed E-state index contributed by atoms with van der Waals surface area (Å²) in [5.74, 6) is -0.0458. The van der Waals surface area contributed by atoms with Crippen LogP contribution in [0.3, 0.4) is 0 Å². The fourth-order valence-corrected chi connectivity index (χ4v) is 2.71. The quantitative estimate of drug-likeness (QED) is 0.318. The largest absolute Gasteiger partial charge is 0.372 e. The number of aliphatic hydroxyl groups is 1. The highest BCUT2D eigenvalue weighted by Crippen LogP contribution is 2.13. The maximum Gasteiger partial charge on any atom is 0.222 e. The van der Waals surface area contributed by atoms with Crippen molar-refractivity contribution in [1.82, 2.24) is 5.32 Å². The molecule has 3 nitrogen and oxygen atoms in total. The lowest BCUT2D eigenvalue weighted by Gasteiger charge is -2.18. The molecule has 0 fully saturated rings. The average molecular weight is 314 g/mol. The molecule has 0 aliphatic rings. The number of rotatable bonds is 15. The number of amides is 1. The van der Waals surface area contributed by atoms with Crippen LogP contribution in [0, 0.1) is 0 Å². The Morgan fingerprint density at radius 2 is 1.14 bits per heavy atom. The molecule has 0 aliphatic carbocycles. The predicted octanol–water partition coefficient (Wildman–Crippen LogP) is 5.31. The summed E-state index contributed by atoms with van der Waals surface area (Å²) in [6.45, 7) is 5.45. The fraction of sp³-hybridized carbons (Fsp3) is 0.947. The molecule has 0 heterocycles. The van der Waals surface area contributed by atoms with Crippen molar-refractivity contribution in [1.29, 1.82) is 0 Å². The molecular formula is C19H39NO2. The molecule has 0 radical (unpaired) electrons. The van der Waals surface area contributed by atoms with E-state index in [0.717, 1.165) is 12.8 Å². The summed E-state index contributed by atoms with van der Waals surface area (Å²) in [6, 6.07) is 0. The lowest BCUT2D eigenvalue weighted by Crippen LogP contribution is -2.42. The summed E-state index contributed by atoms with van der Waals surface area (Å²) >= 11 is 0. The first-order chi connectivity index (χ1) is 10.5. The number of unbranched alkanes of at least 4 members (excludes halogenated alkanes) is 12. The van der Waals surface area contributed by atoms with Crippen LogP contribution in [0.25, 0.3) is 0 Å². The monoisotopic (exact) mass is 313 g/mol. The van der Waals surface area contributed by atoms with E-state index in [1.807, 2.05) is 0 Å². The molecule has 0 saturated heterocycles. The van der Waals surface area contributed by atoms with Crippen LogP contribution in [0.5, 0.6) is 0 Å². The molecule has 2 N–H and O–H groups in total. The van der Waals surface area contributed by atoms with Gasteiger partial charge < -0.3 is 10.4 Å². The Labute approximate surface area is 138 Å². The number of hydrogen-bond donors (Lipinski definition) is 2. The van der Waals surface area contributed by atoms with Gasteiger partial charge in [-0.15, -0.1) is 0 Å². The lowest BCUT2D eigenvalue weighted by atomic mass is 10.0. The van der Waals surface area contributed by atoms with Gasteiger partial charge in [-0.3, -0.25) is 4.79 Å². The summed E-state index contributed by atoms with van der Waals surface area (Å²) in [7, 11) is 0. The SMILES string of the molecule is CCCCCCCCCCCCCCCC(=O)NC(C)(C)O. The Morgan fingerprint density at radius 1 is 0.773 bits per heavy atom. The maximum atomic E-state index is 11.5. The molecular weight excluding hydrogens is 274 g/mol. The number of carbonyl (C=O) groups excluding carboxylic acids is 1. The highest BCUT2D eigenvalue weighted by molar-refractivity contribution is 5.76. The smallest absolute Gasteiger partial charge is 0.222 e. The van der Waals surface area contributed by atoms with Gasteiger partial charge >= 0.3 is 0 Å². The maximum absolute atomic E-state index is 11.5. The van der Waals surface area contributed by atoms with Gasteiger partial charge in [0.2, 0.25) is 5.91 Å². The van der Waals surface area contributed by atoms with E-state index in [4.69, 9.17) is 0 Å². The molecule has 0 spiro atoms. The first kappa shape index (κ1) is 21.4. The van der Waals surface area contributed by atoms with Crippen LogP contribution in [0.4, 0.5) is 0 Å². The van der Waals surface area contributed by atoms with Crippen molar-refractivity contribution < 1.29 is 9.90 Å². The Kier molecular flexibility index (Phi) is 13.7. The zero-order valence-electron chi connectivity index (χ0n) is 15.3. The van der Waals surface area contributed by atoms with Gasteiger partial charge in [0.1, 0.15) is 5.72 Å². The van der Waals surface area contributed by atoms with Gasteiger partial charge in [-0.1, -0.05) is 84.0 Å². The topological polar surface area (TPSA) is 49.3 Å².